The maximum atomic E-state index is 4.66. The fraction of sp³-hybridized carbons (Fsp3) is 0.714. The lowest BCUT2D eigenvalue weighted by Crippen LogP contribution is -2.28. The molecule has 0 amide bonds. The molecule has 1 heterocycles. The van der Waals surface area contributed by atoms with Gasteiger partial charge in [-0.15, -0.1) is 0 Å². The van der Waals surface area contributed by atoms with E-state index in [1.54, 1.807) is 0 Å². The maximum absolute atomic E-state index is 4.66. The molecule has 18 heavy (non-hydrogen) atoms. The third-order valence-corrected chi connectivity index (χ3v) is 3.12. The second-order valence-corrected chi connectivity index (χ2v) is 5.04. The Labute approximate surface area is 110 Å². The zero-order valence-corrected chi connectivity index (χ0v) is 11.7. The molecule has 1 aromatic heterocycles. The van der Waals surface area contributed by atoms with Crippen LogP contribution < -0.4 is 10.2 Å². The van der Waals surface area contributed by atoms with Crippen molar-refractivity contribution in [2.24, 2.45) is 0 Å². The number of rotatable bonds is 7. The first-order valence-corrected chi connectivity index (χ1v) is 7.10. The van der Waals surface area contributed by atoms with Gasteiger partial charge in [0.2, 0.25) is 5.95 Å². The molecule has 1 saturated carbocycles. The Morgan fingerprint density at radius 2 is 2.06 bits per heavy atom. The largest absolute Gasteiger partial charge is 0.354 e. The van der Waals surface area contributed by atoms with E-state index < -0.39 is 0 Å². The summed E-state index contributed by atoms with van der Waals surface area (Å²) < 4.78 is 0. The van der Waals surface area contributed by atoms with Crippen molar-refractivity contribution in [3.05, 3.63) is 11.8 Å². The minimum absolute atomic E-state index is 0.707. The van der Waals surface area contributed by atoms with Crippen LogP contribution in [0.25, 0.3) is 0 Å². The predicted octanol–water partition coefficient (Wildman–Crippen LogP) is 2.99. The van der Waals surface area contributed by atoms with E-state index in [9.17, 15) is 0 Å². The van der Waals surface area contributed by atoms with Gasteiger partial charge in [0.25, 0.3) is 0 Å². The molecule has 4 nitrogen and oxygen atoms in total. The first kappa shape index (κ1) is 13.1. The van der Waals surface area contributed by atoms with E-state index in [0.717, 1.165) is 43.4 Å². The second kappa shape index (κ2) is 6.03. The van der Waals surface area contributed by atoms with Crippen LogP contribution in [0.5, 0.6) is 0 Å². The summed E-state index contributed by atoms with van der Waals surface area (Å²) >= 11 is 0. The summed E-state index contributed by atoms with van der Waals surface area (Å²) in [5.41, 5.74) is 1.04. The number of aromatic nitrogens is 2. The third-order valence-electron chi connectivity index (χ3n) is 3.12. The van der Waals surface area contributed by atoms with Crippen molar-refractivity contribution >= 4 is 11.8 Å². The monoisotopic (exact) mass is 248 g/mol. The molecule has 4 heteroatoms. The summed E-state index contributed by atoms with van der Waals surface area (Å²) in [6.07, 6.45) is 4.87. The summed E-state index contributed by atoms with van der Waals surface area (Å²) in [6, 6.07) is 2.81. The van der Waals surface area contributed by atoms with Gasteiger partial charge in [0.05, 0.1) is 0 Å². The SMILES string of the molecule is CCCNc1nc(C)cc(N(CCC)C2CC2)n1. The highest BCUT2D eigenvalue weighted by Crippen LogP contribution is 2.31. The van der Waals surface area contributed by atoms with E-state index in [2.05, 4.69) is 40.1 Å². The van der Waals surface area contributed by atoms with Crippen LogP contribution >= 0.6 is 0 Å². The third kappa shape index (κ3) is 3.34. The first-order chi connectivity index (χ1) is 8.74. The van der Waals surface area contributed by atoms with Crippen LogP contribution in [0.1, 0.15) is 45.2 Å². The fourth-order valence-electron chi connectivity index (χ4n) is 2.13. The van der Waals surface area contributed by atoms with Crippen molar-refractivity contribution in [3.63, 3.8) is 0 Å². The minimum atomic E-state index is 0.707. The second-order valence-electron chi connectivity index (χ2n) is 5.04. The Balaban J connectivity index is 2.16. The smallest absolute Gasteiger partial charge is 0.224 e. The summed E-state index contributed by atoms with van der Waals surface area (Å²) in [6.45, 7) is 8.44. The number of hydrogen-bond acceptors (Lipinski definition) is 4. The molecule has 0 aliphatic heterocycles. The Bertz CT molecular complexity index is 387. The molecule has 0 atom stereocenters. The standard InChI is InChI=1S/C14H24N4/c1-4-8-15-14-16-11(3)10-13(17-14)18(9-5-2)12-6-7-12/h10,12H,4-9H2,1-3H3,(H,15,16,17). The minimum Gasteiger partial charge on any atom is -0.354 e. The Morgan fingerprint density at radius 3 is 2.67 bits per heavy atom. The van der Waals surface area contributed by atoms with Crippen molar-refractivity contribution in [1.82, 2.24) is 9.97 Å². The van der Waals surface area contributed by atoms with Gasteiger partial charge in [-0.05, 0) is 32.6 Å². The van der Waals surface area contributed by atoms with Crippen LogP contribution in [-0.2, 0) is 0 Å². The van der Waals surface area contributed by atoms with E-state index in [1.165, 1.54) is 12.8 Å². The van der Waals surface area contributed by atoms with Gasteiger partial charge in [-0.25, -0.2) is 4.98 Å². The van der Waals surface area contributed by atoms with Gasteiger partial charge in [0.15, 0.2) is 0 Å². The molecule has 0 unspecified atom stereocenters. The number of nitrogens with one attached hydrogen (secondary N) is 1. The van der Waals surface area contributed by atoms with Crippen LogP contribution in [0, 0.1) is 6.92 Å². The van der Waals surface area contributed by atoms with Crippen LogP contribution in [-0.4, -0.2) is 29.1 Å². The molecule has 100 valence electrons. The molecule has 0 spiro atoms. The molecule has 2 rings (SSSR count). The number of nitrogens with zero attached hydrogens (tertiary/aromatic N) is 3. The Hall–Kier alpha value is -1.32. The molecular formula is C14H24N4. The average molecular weight is 248 g/mol. The average Bonchev–Trinajstić information content (AvgIpc) is 3.17. The molecule has 0 aromatic carbocycles. The molecule has 1 aliphatic rings. The fourth-order valence-corrected chi connectivity index (χ4v) is 2.13. The number of aryl methyl sites for hydroxylation is 1. The number of anilines is 2. The quantitative estimate of drug-likeness (QED) is 0.805. The molecular weight excluding hydrogens is 224 g/mol. The summed E-state index contributed by atoms with van der Waals surface area (Å²) in [5, 5.41) is 3.28. The molecule has 0 saturated heterocycles. The lowest BCUT2D eigenvalue weighted by Gasteiger charge is -2.23. The van der Waals surface area contributed by atoms with Gasteiger partial charge < -0.3 is 10.2 Å². The van der Waals surface area contributed by atoms with Gasteiger partial charge in [-0.2, -0.15) is 4.98 Å². The van der Waals surface area contributed by atoms with E-state index >= 15 is 0 Å². The molecule has 0 radical (unpaired) electrons. The van der Waals surface area contributed by atoms with Crippen LogP contribution in [0.4, 0.5) is 11.8 Å². The lowest BCUT2D eigenvalue weighted by atomic mass is 10.3. The highest BCUT2D eigenvalue weighted by Gasteiger charge is 2.29. The lowest BCUT2D eigenvalue weighted by molar-refractivity contribution is 0.747. The molecule has 0 bridgehead atoms. The van der Waals surface area contributed by atoms with E-state index in [-0.39, 0.29) is 0 Å². The van der Waals surface area contributed by atoms with Crippen molar-refractivity contribution in [2.45, 2.75) is 52.5 Å². The van der Waals surface area contributed by atoms with E-state index in [1.807, 2.05) is 6.92 Å². The first-order valence-electron chi connectivity index (χ1n) is 7.10. The highest BCUT2D eigenvalue weighted by atomic mass is 15.3. The topological polar surface area (TPSA) is 41.1 Å². The van der Waals surface area contributed by atoms with Gasteiger partial charge in [-0.3, -0.25) is 0 Å². The van der Waals surface area contributed by atoms with Gasteiger partial charge in [0.1, 0.15) is 5.82 Å². The van der Waals surface area contributed by atoms with Crippen LogP contribution in [0.15, 0.2) is 6.07 Å². The van der Waals surface area contributed by atoms with Crippen LogP contribution in [0.2, 0.25) is 0 Å². The Morgan fingerprint density at radius 1 is 1.28 bits per heavy atom. The van der Waals surface area contributed by atoms with Gasteiger partial charge in [0, 0.05) is 30.9 Å². The maximum Gasteiger partial charge on any atom is 0.224 e. The molecule has 1 fully saturated rings. The van der Waals surface area contributed by atoms with Crippen molar-refractivity contribution < 1.29 is 0 Å². The van der Waals surface area contributed by atoms with Crippen molar-refractivity contribution in [2.75, 3.05) is 23.3 Å². The van der Waals surface area contributed by atoms with Gasteiger partial charge in [-0.1, -0.05) is 13.8 Å². The van der Waals surface area contributed by atoms with E-state index in [0.29, 0.717) is 6.04 Å². The highest BCUT2D eigenvalue weighted by molar-refractivity contribution is 5.46. The zero-order chi connectivity index (χ0) is 13.0. The zero-order valence-electron chi connectivity index (χ0n) is 11.7. The summed E-state index contributed by atoms with van der Waals surface area (Å²) in [5.74, 6) is 1.86. The van der Waals surface area contributed by atoms with Crippen LogP contribution in [0.3, 0.4) is 0 Å². The molecule has 1 aliphatic carbocycles. The van der Waals surface area contributed by atoms with Crippen molar-refractivity contribution in [3.8, 4) is 0 Å². The Kier molecular flexibility index (Phi) is 4.39. The molecule has 1 N–H and O–H groups in total. The molecule has 1 aromatic rings. The summed E-state index contributed by atoms with van der Waals surface area (Å²) in [7, 11) is 0. The normalized spacial score (nSPS) is 14.6. The predicted molar refractivity (Wildman–Crippen MR) is 76.2 cm³/mol. The van der Waals surface area contributed by atoms with E-state index in [4.69, 9.17) is 0 Å². The number of hydrogen-bond donors (Lipinski definition) is 1. The van der Waals surface area contributed by atoms with Crippen molar-refractivity contribution in [1.29, 1.82) is 0 Å². The summed E-state index contributed by atoms with van der Waals surface area (Å²) in [4.78, 5) is 11.5. The van der Waals surface area contributed by atoms with Gasteiger partial charge >= 0.3 is 0 Å².